The number of carbonyl (C=O) groups excluding carboxylic acids is 1. The van der Waals surface area contributed by atoms with Crippen LogP contribution in [0.4, 0.5) is 0 Å². The lowest BCUT2D eigenvalue weighted by Gasteiger charge is -2.24. The molecule has 2 N–H and O–H groups in total. The van der Waals surface area contributed by atoms with Crippen molar-refractivity contribution in [3.63, 3.8) is 0 Å². The Morgan fingerprint density at radius 2 is 2.07 bits per heavy atom. The summed E-state index contributed by atoms with van der Waals surface area (Å²) in [6.07, 6.45) is 7.17. The van der Waals surface area contributed by atoms with Crippen LogP contribution in [-0.2, 0) is 11.2 Å². The molecule has 28 heavy (non-hydrogen) atoms. The van der Waals surface area contributed by atoms with Crippen LogP contribution in [0.25, 0.3) is 0 Å². The number of guanidine groups is 1. The minimum atomic E-state index is 0. The van der Waals surface area contributed by atoms with Gasteiger partial charge in [-0.05, 0) is 50.9 Å². The Labute approximate surface area is 185 Å². The first-order chi connectivity index (χ1) is 13.3. The Kier molecular flexibility index (Phi) is 10.1. The highest BCUT2D eigenvalue weighted by Crippen LogP contribution is 2.15. The number of carbonyl (C=O) groups is 1. The van der Waals surface area contributed by atoms with Gasteiger partial charge >= 0.3 is 0 Å². The van der Waals surface area contributed by atoms with E-state index < -0.39 is 0 Å². The van der Waals surface area contributed by atoms with Gasteiger partial charge in [-0.15, -0.1) is 24.0 Å². The van der Waals surface area contributed by atoms with Gasteiger partial charge in [-0.2, -0.15) is 0 Å². The molecule has 3 heterocycles. The van der Waals surface area contributed by atoms with Gasteiger partial charge in [-0.25, -0.2) is 4.99 Å². The lowest BCUT2D eigenvalue weighted by atomic mass is 10.2. The molecule has 0 aromatic carbocycles. The smallest absolute Gasteiger partial charge is 0.244 e. The quantitative estimate of drug-likeness (QED) is 0.323. The molecule has 2 aliphatic heterocycles. The molecule has 7 nitrogen and oxygen atoms in total. The van der Waals surface area contributed by atoms with Gasteiger partial charge in [-0.3, -0.25) is 9.69 Å². The number of hydrogen-bond donors (Lipinski definition) is 2. The second-order valence-electron chi connectivity index (χ2n) is 7.31. The largest absolute Gasteiger partial charge is 0.469 e. The number of likely N-dealkylation sites (N-methyl/N-ethyl adjacent to an activating group) is 1. The first-order valence-corrected chi connectivity index (χ1v) is 10.3. The fourth-order valence-electron chi connectivity index (χ4n) is 3.90. The number of nitrogens with zero attached hydrogens (tertiary/aromatic N) is 3. The Hall–Kier alpha value is -1.29. The summed E-state index contributed by atoms with van der Waals surface area (Å²) in [6, 6.07) is 4.42. The summed E-state index contributed by atoms with van der Waals surface area (Å²) in [5, 5.41) is 6.80. The zero-order valence-electron chi connectivity index (χ0n) is 16.9. The highest BCUT2D eigenvalue weighted by molar-refractivity contribution is 14.0. The van der Waals surface area contributed by atoms with Gasteiger partial charge < -0.3 is 20.0 Å². The first kappa shape index (κ1) is 23.0. The molecule has 2 aliphatic rings. The van der Waals surface area contributed by atoms with Crippen LogP contribution >= 0.6 is 24.0 Å². The molecular formula is C20H34IN5O2. The summed E-state index contributed by atoms with van der Waals surface area (Å²) < 4.78 is 5.38. The Bertz CT molecular complexity index is 602. The van der Waals surface area contributed by atoms with Crippen LogP contribution in [0.3, 0.4) is 0 Å². The van der Waals surface area contributed by atoms with Crippen LogP contribution in [0.15, 0.2) is 27.8 Å². The van der Waals surface area contributed by atoms with Crippen LogP contribution < -0.4 is 10.6 Å². The Morgan fingerprint density at radius 3 is 2.79 bits per heavy atom. The van der Waals surface area contributed by atoms with Crippen molar-refractivity contribution in [3.05, 3.63) is 24.2 Å². The molecule has 0 aliphatic carbocycles. The van der Waals surface area contributed by atoms with E-state index in [1.165, 1.54) is 19.4 Å². The molecule has 0 bridgehead atoms. The standard InChI is InChI=1S/C20H33N5O2.HI/c1-2-24-13-5-7-17(24)15-22-20(21-10-9-18-8-6-14-27-18)23-16-19(26)25-11-3-4-12-25;/h6,8,14,17H,2-5,7,9-13,15-16H2,1H3,(H2,21,22,23);1H. The maximum atomic E-state index is 12.3. The van der Waals surface area contributed by atoms with Crippen molar-refractivity contribution in [1.82, 2.24) is 20.4 Å². The number of amides is 1. The minimum absolute atomic E-state index is 0. The van der Waals surface area contributed by atoms with Crippen LogP contribution in [0.1, 0.15) is 38.4 Å². The predicted molar refractivity (Wildman–Crippen MR) is 122 cm³/mol. The second-order valence-corrected chi connectivity index (χ2v) is 7.31. The fraction of sp³-hybridized carbons (Fsp3) is 0.700. The van der Waals surface area contributed by atoms with Crippen LogP contribution in [-0.4, -0.2) is 73.5 Å². The van der Waals surface area contributed by atoms with Crippen LogP contribution in [0.5, 0.6) is 0 Å². The molecule has 2 fully saturated rings. The average Bonchev–Trinajstić information content (AvgIpc) is 3.45. The SMILES string of the molecule is CCN1CCCC1CNC(=NCC(=O)N1CCCC1)NCCc1ccco1.I. The van der Waals surface area contributed by atoms with E-state index in [0.29, 0.717) is 6.04 Å². The molecule has 0 spiro atoms. The lowest BCUT2D eigenvalue weighted by molar-refractivity contribution is -0.128. The molecule has 1 atom stereocenters. The summed E-state index contributed by atoms with van der Waals surface area (Å²) >= 11 is 0. The molecule has 158 valence electrons. The number of halogens is 1. The zero-order valence-corrected chi connectivity index (χ0v) is 19.2. The molecule has 1 amide bonds. The molecule has 8 heteroatoms. The monoisotopic (exact) mass is 503 g/mol. The Morgan fingerprint density at radius 1 is 1.25 bits per heavy atom. The maximum absolute atomic E-state index is 12.3. The van der Waals surface area contributed by atoms with Gasteiger partial charge in [0.2, 0.25) is 5.91 Å². The average molecular weight is 503 g/mol. The van der Waals surface area contributed by atoms with Gasteiger partial charge in [0.05, 0.1) is 6.26 Å². The van der Waals surface area contributed by atoms with E-state index in [1.807, 2.05) is 17.0 Å². The first-order valence-electron chi connectivity index (χ1n) is 10.3. The summed E-state index contributed by atoms with van der Waals surface area (Å²) in [5.74, 6) is 1.79. The fourth-order valence-corrected chi connectivity index (χ4v) is 3.90. The number of furan rings is 1. The van der Waals surface area contributed by atoms with Crippen molar-refractivity contribution in [2.75, 3.05) is 45.8 Å². The third-order valence-electron chi connectivity index (χ3n) is 5.49. The molecule has 1 aromatic heterocycles. The molecule has 0 radical (unpaired) electrons. The summed E-state index contributed by atoms with van der Waals surface area (Å²) in [7, 11) is 0. The van der Waals surface area contributed by atoms with E-state index in [-0.39, 0.29) is 36.4 Å². The van der Waals surface area contributed by atoms with E-state index >= 15 is 0 Å². The van der Waals surface area contributed by atoms with Crippen molar-refractivity contribution in [3.8, 4) is 0 Å². The lowest BCUT2D eigenvalue weighted by Crippen LogP contribution is -2.45. The van der Waals surface area contributed by atoms with Gasteiger partial charge in [0.15, 0.2) is 5.96 Å². The van der Waals surface area contributed by atoms with Gasteiger partial charge in [0, 0.05) is 38.6 Å². The highest BCUT2D eigenvalue weighted by Gasteiger charge is 2.23. The Balaban J connectivity index is 0.00000280. The van der Waals surface area contributed by atoms with Gasteiger partial charge in [0.25, 0.3) is 0 Å². The number of hydrogen-bond acceptors (Lipinski definition) is 4. The van der Waals surface area contributed by atoms with Crippen molar-refractivity contribution in [1.29, 1.82) is 0 Å². The van der Waals surface area contributed by atoms with E-state index in [4.69, 9.17) is 4.42 Å². The van der Waals surface area contributed by atoms with Crippen molar-refractivity contribution >= 4 is 35.8 Å². The van der Waals surface area contributed by atoms with Crippen LogP contribution in [0, 0.1) is 0 Å². The number of rotatable bonds is 8. The van der Waals surface area contributed by atoms with Gasteiger partial charge in [-0.1, -0.05) is 6.92 Å². The molecule has 1 unspecified atom stereocenters. The number of likely N-dealkylation sites (tertiary alicyclic amines) is 2. The molecule has 1 aromatic rings. The van der Waals surface area contributed by atoms with E-state index in [0.717, 1.165) is 63.7 Å². The summed E-state index contributed by atoms with van der Waals surface area (Å²) in [4.78, 5) is 21.3. The van der Waals surface area contributed by atoms with Crippen LogP contribution in [0.2, 0.25) is 0 Å². The molecule has 3 rings (SSSR count). The molecule has 0 saturated carbocycles. The number of aliphatic imine (C=N–C) groups is 1. The van der Waals surface area contributed by atoms with E-state index in [2.05, 4.69) is 27.4 Å². The summed E-state index contributed by atoms with van der Waals surface area (Å²) in [5.41, 5.74) is 0. The predicted octanol–water partition coefficient (Wildman–Crippen LogP) is 2.08. The minimum Gasteiger partial charge on any atom is -0.469 e. The van der Waals surface area contributed by atoms with Crippen molar-refractivity contribution < 1.29 is 9.21 Å². The third-order valence-corrected chi connectivity index (χ3v) is 5.49. The van der Waals surface area contributed by atoms with Crippen molar-refractivity contribution in [2.45, 2.75) is 45.1 Å². The third kappa shape index (κ3) is 6.95. The summed E-state index contributed by atoms with van der Waals surface area (Å²) in [6.45, 7) is 8.00. The normalized spacial score (nSPS) is 20.2. The highest BCUT2D eigenvalue weighted by atomic mass is 127. The van der Waals surface area contributed by atoms with Crippen molar-refractivity contribution in [2.24, 2.45) is 4.99 Å². The number of nitrogens with one attached hydrogen (secondary N) is 2. The maximum Gasteiger partial charge on any atom is 0.244 e. The van der Waals surface area contributed by atoms with Gasteiger partial charge in [0.1, 0.15) is 12.3 Å². The van der Waals surface area contributed by atoms with E-state index in [1.54, 1.807) is 6.26 Å². The molecular weight excluding hydrogens is 469 g/mol. The zero-order chi connectivity index (χ0) is 18.9. The topological polar surface area (TPSA) is 73.1 Å². The molecule has 2 saturated heterocycles. The second kappa shape index (κ2) is 12.3. The van der Waals surface area contributed by atoms with E-state index in [9.17, 15) is 4.79 Å².